The molecule has 2 aliphatic rings. The Morgan fingerprint density at radius 3 is 2.22 bits per heavy atom. The average molecular weight is 440 g/mol. The highest BCUT2D eigenvalue weighted by Gasteiger charge is 2.24. The van der Waals surface area contributed by atoms with Gasteiger partial charge in [-0.25, -0.2) is 4.98 Å². The van der Waals surface area contributed by atoms with Crippen LogP contribution in [0.25, 0.3) is 0 Å². The largest absolute Gasteiger partial charge is 0.497 e. The van der Waals surface area contributed by atoms with Crippen molar-refractivity contribution in [3.05, 3.63) is 35.0 Å². The lowest BCUT2D eigenvalue weighted by Crippen LogP contribution is -2.37. The summed E-state index contributed by atoms with van der Waals surface area (Å²) in [6, 6.07) is 7.00. The molecule has 2 aromatic rings. The Balaban J connectivity index is 1.31. The number of nitrogens with zero attached hydrogens (tertiary/aromatic N) is 3. The molecule has 2 aliphatic carbocycles. The Morgan fingerprint density at radius 1 is 0.906 bits per heavy atom. The monoisotopic (exact) mass is 439 g/mol. The molecular weight excluding hydrogens is 402 g/mol. The molecule has 32 heavy (non-hydrogen) atoms. The molecule has 0 unspecified atom stereocenters. The summed E-state index contributed by atoms with van der Waals surface area (Å²) in [6.07, 6.45) is 9.16. The van der Waals surface area contributed by atoms with Gasteiger partial charge in [0.2, 0.25) is 5.95 Å². The van der Waals surface area contributed by atoms with Gasteiger partial charge in [0.1, 0.15) is 17.3 Å². The quantitative estimate of drug-likeness (QED) is 0.645. The Morgan fingerprint density at radius 2 is 1.56 bits per heavy atom. The second-order valence-corrected chi connectivity index (χ2v) is 9.19. The molecule has 4 rings (SSSR count). The van der Waals surface area contributed by atoms with Gasteiger partial charge in [0.05, 0.1) is 19.9 Å². The van der Waals surface area contributed by atoms with Crippen molar-refractivity contribution in [2.24, 2.45) is 0 Å². The van der Waals surface area contributed by atoms with Crippen LogP contribution < -0.4 is 25.0 Å². The molecule has 174 valence electrons. The van der Waals surface area contributed by atoms with E-state index >= 15 is 0 Å². The molecule has 1 fully saturated rings. The van der Waals surface area contributed by atoms with E-state index in [0.29, 0.717) is 12.1 Å². The first-order valence-corrected chi connectivity index (χ1v) is 11.8. The number of aryl methyl sites for hydroxylation is 1. The van der Waals surface area contributed by atoms with E-state index in [1.165, 1.54) is 29.7 Å². The van der Waals surface area contributed by atoms with E-state index in [0.717, 1.165) is 68.3 Å². The van der Waals surface area contributed by atoms with Gasteiger partial charge in [-0.1, -0.05) is 0 Å². The summed E-state index contributed by atoms with van der Waals surface area (Å²) in [5, 5.41) is 7.35. The third kappa shape index (κ3) is 5.44. The smallest absolute Gasteiger partial charge is 0.225 e. The third-order valence-corrected chi connectivity index (χ3v) is 6.65. The van der Waals surface area contributed by atoms with Gasteiger partial charge in [0, 0.05) is 44.4 Å². The maximum absolute atomic E-state index is 5.39. The van der Waals surface area contributed by atoms with Crippen molar-refractivity contribution in [3.63, 3.8) is 0 Å². The van der Waals surface area contributed by atoms with Crippen LogP contribution in [0.15, 0.2) is 18.2 Å². The zero-order valence-electron chi connectivity index (χ0n) is 19.9. The van der Waals surface area contributed by atoms with Crippen molar-refractivity contribution in [3.8, 4) is 11.5 Å². The number of anilines is 2. The van der Waals surface area contributed by atoms with Crippen molar-refractivity contribution < 1.29 is 9.47 Å². The molecule has 0 saturated heterocycles. The van der Waals surface area contributed by atoms with Crippen molar-refractivity contribution >= 4 is 11.8 Å². The number of hydrogen-bond donors (Lipinski definition) is 2. The standard InChI is InChI=1S/C25H37N5O2/c1-30(2)24-22-7-5-6-8-23(22)28-25(29-24)27-19-11-9-18(10-12-19)26-16-17-13-20(31-3)15-21(14-17)32-4/h13-15,18-19,26H,5-12,16H2,1-4H3,(H,27,28,29). The first-order valence-electron chi connectivity index (χ1n) is 11.8. The van der Waals surface area contributed by atoms with Crippen LogP contribution in [0.1, 0.15) is 55.3 Å². The summed E-state index contributed by atoms with van der Waals surface area (Å²) in [6.45, 7) is 0.816. The summed E-state index contributed by atoms with van der Waals surface area (Å²) in [7, 11) is 7.54. The molecule has 0 bridgehead atoms. The molecule has 0 aliphatic heterocycles. The Labute approximate surface area is 191 Å². The van der Waals surface area contributed by atoms with Crippen LogP contribution in [-0.4, -0.2) is 50.4 Å². The normalized spacial score (nSPS) is 20.4. The number of methoxy groups -OCH3 is 2. The van der Waals surface area contributed by atoms with E-state index < -0.39 is 0 Å². The number of aromatic nitrogens is 2. The molecule has 7 nitrogen and oxygen atoms in total. The highest BCUT2D eigenvalue weighted by atomic mass is 16.5. The number of ether oxygens (including phenoxy) is 2. The fourth-order valence-electron chi connectivity index (χ4n) is 4.86. The molecule has 1 aromatic carbocycles. The van der Waals surface area contributed by atoms with E-state index in [1.54, 1.807) is 14.2 Å². The predicted octanol–water partition coefficient (Wildman–Crippen LogP) is 3.95. The molecule has 0 radical (unpaired) electrons. The van der Waals surface area contributed by atoms with Gasteiger partial charge in [0.15, 0.2) is 0 Å². The van der Waals surface area contributed by atoms with E-state index in [-0.39, 0.29) is 0 Å². The molecule has 1 aromatic heterocycles. The van der Waals surface area contributed by atoms with Crippen LogP contribution in [0.5, 0.6) is 11.5 Å². The molecule has 0 atom stereocenters. The fourth-order valence-corrected chi connectivity index (χ4v) is 4.86. The van der Waals surface area contributed by atoms with Crippen LogP contribution in [0.3, 0.4) is 0 Å². The lowest BCUT2D eigenvalue weighted by atomic mass is 9.91. The molecule has 0 amide bonds. The van der Waals surface area contributed by atoms with E-state index in [2.05, 4.69) is 41.8 Å². The molecule has 1 heterocycles. The van der Waals surface area contributed by atoms with Gasteiger partial charge in [-0.15, -0.1) is 0 Å². The Bertz CT molecular complexity index is 887. The minimum atomic E-state index is 0.432. The fraction of sp³-hybridized carbons (Fsp3) is 0.600. The van der Waals surface area contributed by atoms with Crippen LogP contribution in [0.4, 0.5) is 11.8 Å². The van der Waals surface area contributed by atoms with Crippen molar-refractivity contribution in [2.45, 2.75) is 70.0 Å². The van der Waals surface area contributed by atoms with Gasteiger partial charge in [-0.2, -0.15) is 4.98 Å². The van der Waals surface area contributed by atoms with Gasteiger partial charge < -0.3 is 25.0 Å². The Hall–Kier alpha value is -2.54. The Kier molecular flexibility index (Phi) is 7.35. The summed E-state index contributed by atoms with van der Waals surface area (Å²) in [5.41, 5.74) is 3.76. The lowest BCUT2D eigenvalue weighted by Gasteiger charge is -2.30. The second kappa shape index (κ2) is 10.4. The minimum Gasteiger partial charge on any atom is -0.497 e. The predicted molar refractivity (Wildman–Crippen MR) is 129 cm³/mol. The molecule has 1 saturated carbocycles. The number of benzene rings is 1. The SMILES string of the molecule is COc1cc(CNC2CCC(Nc3nc4c(c(N(C)C)n3)CCCC4)CC2)cc(OC)c1. The summed E-state index contributed by atoms with van der Waals surface area (Å²) in [5.74, 6) is 3.54. The summed E-state index contributed by atoms with van der Waals surface area (Å²) >= 11 is 0. The van der Waals surface area contributed by atoms with E-state index in [4.69, 9.17) is 19.4 Å². The average Bonchev–Trinajstić information content (AvgIpc) is 2.82. The third-order valence-electron chi connectivity index (χ3n) is 6.65. The first kappa shape index (κ1) is 22.6. The molecule has 2 N–H and O–H groups in total. The number of nitrogens with one attached hydrogen (secondary N) is 2. The van der Waals surface area contributed by atoms with E-state index in [9.17, 15) is 0 Å². The zero-order valence-corrected chi connectivity index (χ0v) is 19.9. The number of rotatable bonds is 8. The zero-order chi connectivity index (χ0) is 22.5. The van der Waals surface area contributed by atoms with Gasteiger partial charge in [-0.3, -0.25) is 0 Å². The van der Waals surface area contributed by atoms with Crippen LogP contribution in [0.2, 0.25) is 0 Å². The lowest BCUT2D eigenvalue weighted by molar-refractivity contribution is 0.351. The number of hydrogen-bond acceptors (Lipinski definition) is 7. The van der Waals surface area contributed by atoms with Gasteiger partial charge in [-0.05, 0) is 69.1 Å². The molecule has 7 heteroatoms. The summed E-state index contributed by atoms with van der Waals surface area (Å²) < 4.78 is 10.8. The van der Waals surface area contributed by atoms with Crippen molar-refractivity contribution in [1.29, 1.82) is 0 Å². The maximum Gasteiger partial charge on any atom is 0.225 e. The van der Waals surface area contributed by atoms with Crippen molar-refractivity contribution in [1.82, 2.24) is 15.3 Å². The topological polar surface area (TPSA) is 71.5 Å². The van der Waals surface area contributed by atoms with Crippen LogP contribution in [-0.2, 0) is 19.4 Å². The minimum absolute atomic E-state index is 0.432. The van der Waals surface area contributed by atoms with E-state index in [1.807, 2.05) is 6.07 Å². The molecular formula is C25H37N5O2. The van der Waals surface area contributed by atoms with Gasteiger partial charge >= 0.3 is 0 Å². The summed E-state index contributed by atoms with van der Waals surface area (Å²) in [4.78, 5) is 11.9. The highest BCUT2D eigenvalue weighted by molar-refractivity contribution is 5.53. The van der Waals surface area contributed by atoms with Crippen molar-refractivity contribution in [2.75, 3.05) is 38.5 Å². The van der Waals surface area contributed by atoms with Gasteiger partial charge in [0.25, 0.3) is 0 Å². The molecule has 0 spiro atoms. The van der Waals surface area contributed by atoms with Crippen LogP contribution in [0, 0.1) is 0 Å². The maximum atomic E-state index is 5.39. The van der Waals surface area contributed by atoms with Crippen LogP contribution >= 0.6 is 0 Å². The first-order chi connectivity index (χ1) is 15.6. The number of fused-ring (bicyclic) bond motifs is 1. The second-order valence-electron chi connectivity index (χ2n) is 9.19. The highest BCUT2D eigenvalue weighted by Crippen LogP contribution is 2.29.